The van der Waals surface area contributed by atoms with Crippen LogP contribution in [0.5, 0.6) is 0 Å². The van der Waals surface area contributed by atoms with Gasteiger partial charge in [0.15, 0.2) is 11.7 Å². The van der Waals surface area contributed by atoms with Gasteiger partial charge >= 0.3 is 0 Å². The fourth-order valence-corrected chi connectivity index (χ4v) is 6.15. The summed E-state index contributed by atoms with van der Waals surface area (Å²) in [6.07, 6.45) is 9.38. The summed E-state index contributed by atoms with van der Waals surface area (Å²) < 4.78 is 9.96. The van der Waals surface area contributed by atoms with Gasteiger partial charge in [-0.25, -0.2) is 0 Å². The first-order valence-electron chi connectivity index (χ1n) is 13.2. The maximum Gasteiger partial charge on any atom is 0.273 e. The highest BCUT2D eigenvalue weighted by molar-refractivity contribution is 7.09. The van der Waals surface area contributed by atoms with E-state index < -0.39 is 11.9 Å². The summed E-state index contributed by atoms with van der Waals surface area (Å²) >= 11 is 0.869. The zero-order valence-electron chi connectivity index (χ0n) is 21.4. The van der Waals surface area contributed by atoms with Crippen LogP contribution in [0.4, 0.5) is 11.4 Å². The van der Waals surface area contributed by atoms with Crippen molar-refractivity contribution in [3.05, 3.63) is 64.6 Å². The average molecular weight is 536 g/mol. The number of furan rings is 1. The maximum absolute atomic E-state index is 14.2. The SMILES string of the molecule is Cc1ccccc1N(C(=O)c1snc(C(=O)NC2CCCC2)c1N)C(C(=O)NC1CCCC1)c1ccco1. The van der Waals surface area contributed by atoms with Crippen LogP contribution in [0.3, 0.4) is 0 Å². The fourth-order valence-electron chi connectivity index (χ4n) is 5.42. The largest absolute Gasteiger partial charge is 0.467 e. The van der Waals surface area contributed by atoms with E-state index in [1.807, 2.05) is 25.1 Å². The topological polar surface area (TPSA) is 131 Å². The summed E-state index contributed by atoms with van der Waals surface area (Å²) in [4.78, 5) is 42.5. The van der Waals surface area contributed by atoms with Gasteiger partial charge in [0.25, 0.3) is 17.7 Å². The molecular formula is C28H33N5O4S. The van der Waals surface area contributed by atoms with Crippen molar-refractivity contribution in [1.29, 1.82) is 0 Å². The van der Waals surface area contributed by atoms with Gasteiger partial charge in [0, 0.05) is 17.8 Å². The van der Waals surface area contributed by atoms with Gasteiger partial charge in [0.05, 0.1) is 12.0 Å². The van der Waals surface area contributed by atoms with Gasteiger partial charge in [-0.05, 0) is 67.9 Å². The van der Waals surface area contributed by atoms with E-state index in [1.54, 1.807) is 18.2 Å². The number of para-hydroxylation sites is 1. The number of aromatic nitrogens is 1. The van der Waals surface area contributed by atoms with Crippen LogP contribution >= 0.6 is 11.5 Å². The molecule has 2 fully saturated rings. The first-order valence-corrected chi connectivity index (χ1v) is 14.0. The number of anilines is 2. The number of rotatable bonds is 8. The summed E-state index contributed by atoms with van der Waals surface area (Å²) in [6, 6.07) is 9.80. The van der Waals surface area contributed by atoms with Crippen LogP contribution in [0, 0.1) is 6.92 Å². The molecule has 2 aliphatic rings. The molecule has 1 unspecified atom stereocenters. The Morgan fingerprint density at radius 1 is 1.00 bits per heavy atom. The number of nitrogens with one attached hydrogen (secondary N) is 2. The Hall–Kier alpha value is -3.66. The molecule has 0 spiro atoms. The average Bonchev–Trinajstić information content (AvgIpc) is 3.71. The molecule has 0 saturated heterocycles. The summed E-state index contributed by atoms with van der Waals surface area (Å²) in [5.74, 6) is -0.893. The third-order valence-corrected chi connectivity index (χ3v) is 8.29. The Morgan fingerprint density at radius 3 is 2.29 bits per heavy atom. The second-order valence-corrected chi connectivity index (χ2v) is 10.9. The van der Waals surface area contributed by atoms with Crippen LogP contribution in [0.15, 0.2) is 47.1 Å². The standard InChI is InChI=1S/C28H33N5O4S/c1-17-9-2-7-14-20(17)33(24(21-15-8-16-37-21)27(35)31-19-12-5-6-13-19)28(36)25-22(29)23(32-38-25)26(34)30-18-10-3-4-11-18/h2,7-9,14-16,18-19,24H,3-6,10-13,29H2,1H3,(H,30,34)(H,31,35). The van der Waals surface area contributed by atoms with Gasteiger partial charge in [-0.1, -0.05) is 43.9 Å². The Morgan fingerprint density at radius 2 is 1.66 bits per heavy atom. The van der Waals surface area contributed by atoms with Crippen molar-refractivity contribution < 1.29 is 18.8 Å². The molecule has 5 rings (SSSR count). The molecule has 2 aliphatic carbocycles. The monoisotopic (exact) mass is 535 g/mol. The maximum atomic E-state index is 14.2. The van der Waals surface area contributed by atoms with Crippen LogP contribution in [0.2, 0.25) is 0 Å². The molecular weight excluding hydrogens is 502 g/mol. The number of aryl methyl sites for hydroxylation is 1. The van der Waals surface area contributed by atoms with Crippen LogP contribution in [-0.2, 0) is 4.79 Å². The minimum absolute atomic E-state index is 0.0171. The molecule has 1 aromatic carbocycles. The quantitative estimate of drug-likeness (QED) is 0.382. The van der Waals surface area contributed by atoms with E-state index in [0.717, 1.165) is 68.5 Å². The van der Waals surface area contributed by atoms with Gasteiger partial charge in [-0.15, -0.1) is 0 Å². The Kier molecular flexibility index (Phi) is 7.78. The normalized spacial score (nSPS) is 16.9. The first-order chi connectivity index (χ1) is 18.4. The smallest absolute Gasteiger partial charge is 0.273 e. The highest BCUT2D eigenvalue weighted by Crippen LogP contribution is 2.35. The van der Waals surface area contributed by atoms with E-state index in [9.17, 15) is 14.4 Å². The minimum atomic E-state index is -1.07. The minimum Gasteiger partial charge on any atom is -0.467 e. The van der Waals surface area contributed by atoms with E-state index in [0.29, 0.717) is 11.4 Å². The van der Waals surface area contributed by atoms with E-state index in [1.165, 1.54) is 11.2 Å². The molecule has 200 valence electrons. The van der Waals surface area contributed by atoms with Gasteiger partial charge in [0.1, 0.15) is 10.6 Å². The Labute approximate surface area is 225 Å². The predicted molar refractivity (Wildman–Crippen MR) is 146 cm³/mol. The van der Waals surface area contributed by atoms with Gasteiger partial charge in [-0.2, -0.15) is 4.37 Å². The van der Waals surface area contributed by atoms with Crippen LogP contribution in [0.1, 0.15) is 88.9 Å². The second kappa shape index (κ2) is 11.4. The third-order valence-electron chi connectivity index (χ3n) is 7.44. The first kappa shape index (κ1) is 26.0. The van der Waals surface area contributed by atoms with Gasteiger partial charge in [-0.3, -0.25) is 19.3 Å². The van der Waals surface area contributed by atoms with Crippen molar-refractivity contribution in [2.45, 2.75) is 76.4 Å². The van der Waals surface area contributed by atoms with Crippen molar-refractivity contribution in [1.82, 2.24) is 15.0 Å². The molecule has 2 aromatic heterocycles. The molecule has 3 amide bonds. The number of benzene rings is 1. The second-order valence-electron chi connectivity index (χ2n) is 10.1. The zero-order chi connectivity index (χ0) is 26.6. The zero-order valence-corrected chi connectivity index (χ0v) is 22.3. The lowest BCUT2D eigenvalue weighted by atomic mass is 10.1. The van der Waals surface area contributed by atoms with E-state index in [4.69, 9.17) is 10.2 Å². The molecule has 38 heavy (non-hydrogen) atoms. The van der Waals surface area contributed by atoms with Crippen molar-refractivity contribution in [2.24, 2.45) is 0 Å². The van der Waals surface area contributed by atoms with Crippen molar-refractivity contribution in [3.63, 3.8) is 0 Å². The predicted octanol–water partition coefficient (Wildman–Crippen LogP) is 4.75. The highest BCUT2D eigenvalue weighted by atomic mass is 32.1. The van der Waals surface area contributed by atoms with E-state index in [-0.39, 0.29) is 40.2 Å². The lowest BCUT2D eigenvalue weighted by Gasteiger charge is -2.31. The van der Waals surface area contributed by atoms with Crippen LogP contribution in [-0.4, -0.2) is 34.2 Å². The number of carbonyl (C=O) groups is 3. The summed E-state index contributed by atoms with van der Waals surface area (Å²) in [5.41, 5.74) is 7.78. The van der Waals surface area contributed by atoms with Crippen molar-refractivity contribution >= 4 is 40.6 Å². The van der Waals surface area contributed by atoms with Crippen LogP contribution < -0.4 is 21.3 Å². The molecule has 10 heteroatoms. The number of hydrogen-bond donors (Lipinski definition) is 3. The molecule has 2 heterocycles. The lowest BCUT2D eigenvalue weighted by Crippen LogP contribution is -2.46. The molecule has 1 atom stereocenters. The Balaban J connectivity index is 1.52. The third kappa shape index (κ3) is 5.31. The van der Waals surface area contributed by atoms with E-state index >= 15 is 0 Å². The molecule has 0 aliphatic heterocycles. The van der Waals surface area contributed by atoms with Crippen molar-refractivity contribution in [2.75, 3.05) is 10.6 Å². The molecule has 3 aromatic rings. The number of nitrogens with zero attached hydrogens (tertiary/aromatic N) is 2. The van der Waals surface area contributed by atoms with Gasteiger partial charge in [0.2, 0.25) is 0 Å². The molecule has 9 nitrogen and oxygen atoms in total. The summed E-state index contributed by atoms with van der Waals surface area (Å²) in [6.45, 7) is 1.88. The molecule has 4 N–H and O–H groups in total. The van der Waals surface area contributed by atoms with Crippen molar-refractivity contribution in [3.8, 4) is 0 Å². The van der Waals surface area contributed by atoms with E-state index in [2.05, 4.69) is 15.0 Å². The Bertz CT molecular complexity index is 1290. The van der Waals surface area contributed by atoms with Crippen LogP contribution in [0.25, 0.3) is 0 Å². The summed E-state index contributed by atoms with van der Waals surface area (Å²) in [7, 11) is 0. The summed E-state index contributed by atoms with van der Waals surface area (Å²) in [5, 5.41) is 6.10. The number of amides is 3. The number of carbonyl (C=O) groups excluding carboxylic acids is 3. The molecule has 0 radical (unpaired) electrons. The van der Waals surface area contributed by atoms with Gasteiger partial charge < -0.3 is 20.8 Å². The number of hydrogen-bond acceptors (Lipinski definition) is 7. The molecule has 0 bridgehead atoms. The number of nitrogens with two attached hydrogens (primary N) is 1. The fraction of sp³-hybridized carbons (Fsp3) is 0.429. The highest BCUT2D eigenvalue weighted by Gasteiger charge is 2.39. The lowest BCUT2D eigenvalue weighted by molar-refractivity contribution is -0.123. The molecule has 2 saturated carbocycles. The number of nitrogen functional groups attached to an aromatic ring is 1.